The smallest absolute Gasteiger partial charge is 0.146 e. The summed E-state index contributed by atoms with van der Waals surface area (Å²) in [4.78, 5) is 4.33. The van der Waals surface area contributed by atoms with Crippen LogP contribution < -0.4 is 10.1 Å². The number of pyridine rings is 1. The van der Waals surface area contributed by atoms with Crippen molar-refractivity contribution >= 4 is 17.2 Å². The molecule has 4 rings (SSSR count). The number of nitrogens with one attached hydrogen (secondary N) is 1. The first-order chi connectivity index (χ1) is 10.7. The average molecular weight is 313 g/mol. The molecule has 2 heterocycles. The molecule has 1 aromatic heterocycles. The highest BCUT2D eigenvalue weighted by Gasteiger charge is 2.38. The molecular formula is C18H17ClN2O. The van der Waals surface area contributed by atoms with E-state index in [1.807, 2.05) is 30.5 Å². The van der Waals surface area contributed by atoms with E-state index >= 15 is 0 Å². The minimum atomic E-state index is 0.391. The van der Waals surface area contributed by atoms with Crippen LogP contribution >= 0.6 is 11.6 Å². The van der Waals surface area contributed by atoms with Crippen LogP contribution in [0.1, 0.15) is 18.4 Å². The van der Waals surface area contributed by atoms with E-state index in [2.05, 4.69) is 22.4 Å². The molecule has 1 aromatic carbocycles. The van der Waals surface area contributed by atoms with Gasteiger partial charge in [-0.1, -0.05) is 17.7 Å². The van der Waals surface area contributed by atoms with Gasteiger partial charge in [-0.3, -0.25) is 4.98 Å². The van der Waals surface area contributed by atoms with E-state index in [0.717, 1.165) is 36.6 Å². The maximum absolute atomic E-state index is 5.89. The Kier molecular flexibility index (Phi) is 3.40. The minimum absolute atomic E-state index is 0.391. The van der Waals surface area contributed by atoms with Crippen molar-refractivity contribution in [2.75, 3.05) is 13.1 Å². The highest BCUT2D eigenvalue weighted by Crippen LogP contribution is 2.43. The lowest BCUT2D eigenvalue weighted by Crippen LogP contribution is -2.50. The molecule has 22 heavy (non-hydrogen) atoms. The summed E-state index contributed by atoms with van der Waals surface area (Å²) < 4.78 is 5.87. The quantitative estimate of drug-likeness (QED) is 0.918. The number of halogens is 1. The molecule has 1 aliphatic heterocycles. The normalized spacial score (nSPS) is 18.9. The van der Waals surface area contributed by atoms with E-state index in [1.165, 1.54) is 12.0 Å². The van der Waals surface area contributed by atoms with Crippen molar-refractivity contribution in [1.82, 2.24) is 10.3 Å². The topological polar surface area (TPSA) is 34.1 Å². The van der Waals surface area contributed by atoms with Crippen LogP contribution in [-0.2, 0) is 0 Å². The number of ether oxygens (including phenoxy) is 1. The number of nitrogens with zero attached hydrogens (tertiary/aromatic N) is 1. The first kappa shape index (κ1) is 13.8. The standard InChI is InChI=1S/C18H17ClN2O/c19-15-1-3-16(4-2-15)22-17-7-14(9-20-10-17)13-5-6-18(8-13)11-21-12-18/h1-4,7-10,21H,5-6,11-12H2. The van der Waals surface area contributed by atoms with E-state index in [9.17, 15) is 0 Å². The first-order valence-corrected chi connectivity index (χ1v) is 7.92. The van der Waals surface area contributed by atoms with Gasteiger partial charge in [-0.25, -0.2) is 0 Å². The fourth-order valence-electron chi connectivity index (χ4n) is 3.14. The van der Waals surface area contributed by atoms with E-state index < -0.39 is 0 Å². The molecule has 0 bridgehead atoms. The molecule has 2 aromatic rings. The van der Waals surface area contributed by atoms with Gasteiger partial charge in [0.15, 0.2) is 0 Å². The Hall–Kier alpha value is -1.84. The first-order valence-electron chi connectivity index (χ1n) is 7.54. The largest absolute Gasteiger partial charge is 0.456 e. The van der Waals surface area contributed by atoms with E-state index in [1.54, 1.807) is 6.20 Å². The number of aromatic nitrogens is 1. The summed E-state index contributed by atoms with van der Waals surface area (Å²) in [6.07, 6.45) is 8.44. The van der Waals surface area contributed by atoms with Crippen LogP contribution in [-0.4, -0.2) is 18.1 Å². The van der Waals surface area contributed by atoms with Gasteiger partial charge in [-0.2, -0.15) is 0 Å². The summed E-state index contributed by atoms with van der Waals surface area (Å²) in [5, 5.41) is 4.07. The molecule has 0 saturated carbocycles. The molecule has 4 heteroatoms. The minimum Gasteiger partial charge on any atom is -0.456 e. The van der Waals surface area contributed by atoms with Crippen molar-refractivity contribution in [2.24, 2.45) is 5.41 Å². The van der Waals surface area contributed by atoms with Crippen LogP contribution in [0, 0.1) is 5.41 Å². The third-order valence-electron chi connectivity index (χ3n) is 4.46. The number of benzene rings is 1. The molecule has 112 valence electrons. The van der Waals surface area contributed by atoms with E-state index in [4.69, 9.17) is 16.3 Å². The summed E-state index contributed by atoms with van der Waals surface area (Å²) in [5.74, 6) is 1.52. The zero-order valence-corrected chi connectivity index (χ0v) is 12.9. The summed E-state index contributed by atoms with van der Waals surface area (Å²) in [5.41, 5.74) is 2.94. The van der Waals surface area contributed by atoms with Gasteiger partial charge in [-0.05, 0) is 54.3 Å². The fourth-order valence-corrected chi connectivity index (χ4v) is 3.27. The Morgan fingerprint density at radius 2 is 1.91 bits per heavy atom. The molecule has 1 saturated heterocycles. The monoisotopic (exact) mass is 312 g/mol. The van der Waals surface area contributed by atoms with Crippen molar-refractivity contribution in [3.05, 3.63) is 59.4 Å². The number of hydrogen-bond acceptors (Lipinski definition) is 3. The molecule has 2 aliphatic rings. The summed E-state index contributed by atoms with van der Waals surface area (Å²) >= 11 is 5.89. The fraction of sp³-hybridized carbons (Fsp3) is 0.278. The molecule has 3 nitrogen and oxygen atoms in total. The van der Waals surface area contributed by atoms with Gasteiger partial charge in [0.1, 0.15) is 11.5 Å². The van der Waals surface area contributed by atoms with Gasteiger partial charge < -0.3 is 10.1 Å². The van der Waals surface area contributed by atoms with Gasteiger partial charge in [-0.15, -0.1) is 0 Å². The van der Waals surface area contributed by atoms with Crippen molar-refractivity contribution in [1.29, 1.82) is 0 Å². The van der Waals surface area contributed by atoms with Gasteiger partial charge in [0.2, 0.25) is 0 Å². The third kappa shape index (κ3) is 2.62. The predicted molar refractivity (Wildman–Crippen MR) is 88.3 cm³/mol. The second kappa shape index (κ2) is 5.41. The van der Waals surface area contributed by atoms with E-state index in [0.29, 0.717) is 10.4 Å². The lowest BCUT2D eigenvalue weighted by molar-refractivity contribution is 0.236. The Balaban J connectivity index is 1.56. The van der Waals surface area contributed by atoms with Crippen LogP contribution in [0.5, 0.6) is 11.5 Å². The predicted octanol–water partition coefficient (Wildman–Crippen LogP) is 4.29. The summed E-state index contributed by atoms with van der Waals surface area (Å²) in [6.45, 7) is 2.20. The molecule has 1 spiro atoms. The molecule has 1 aliphatic carbocycles. The Labute approximate surface area is 135 Å². The molecule has 0 atom stereocenters. The molecule has 1 fully saturated rings. The lowest BCUT2D eigenvalue weighted by atomic mass is 9.82. The number of hydrogen-bond donors (Lipinski definition) is 1. The van der Waals surface area contributed by atoms with Crippen LogP contribution in [0.2, 0.25) is 5.02 Å². The van der Waals surface area contributed by atoms with Crippen molar-refractivity contribution in [3.8, 4) is 11.5 Å². The maximum atomic E-state index is 5.89. The van der Waals surface area contributed by atoms with Crippen molar-refractivity contribution < 1.29 is 4.74 Å². The Morgan fingerprint density at radius 1 is 1.09 bits per heavy atom. The van der Waals surface area contributed by atoms with Gasteiger partial charge in [0.25, 0.3) is 0 Å². The van der Waals surface area contributed by atoms with Gasteiger partial charge in [0.05, 0.1) is 6.20 Å². The zero-order valence-electron chi connectivity index (χ0n) is 12.2. The number of allylic oxidation sites excluding steroid dienone is 1. The third-order valence-corrected chi connectivity index (χ3v) is 4.71. The SMILES string of the molecule is Clc1ccc(Oc2cncc(C3=CC4(CC3)CNC4)c2)cc1. The highest BCUT2D eigenvalue weighted by atomic mass is 35.5. The van der Waals surface area contributed by atoms with Gasteiger partial charge in [0, 0.05) is 29.7 Å². The Bertz CT molecular complexity index is 720. The zero-order chi connectivity index (χ0) is 15.0. The maximum Gasteiger partial charge on any atom is 0.146 e. The molecule has 0 radical (unpaired) electrons. The molecular weight excluding hydrogens is 296 g/mol. The summed E-state index contributed by atoms with van der Waals surface area (Å²) in [6, 6.07) is 9.43. The molecule has 0 unspecified atom stereocenters. The van der Waals surface area contributed by atoms with Crippen LogP contribution in [0.3, 0.4) is 0 Å². The Morgan fingerprint density at radius 3 is 2.59 bits per heavy atom. The summed E-state index contributed by atoms with van der Waals surface area (Å²) in [7, 11) is 0. The van der Waals surface area contributed by atoms with E-state index in [-0.39, 0.29) is 0 Å². The van der Waals surface area contributed by atoms with Gasteiger partial charge >= 0.3 is 0 Å². The van der Waals surface area contributed by atoms with Crippen LogP contribution in [0.15, 0.2) is 48.8 Å². The lowest BCUT2D eigenvalue weighted by Gasteiger charge is -2.37. The van der Waals surface area contributed by atoms with Crippen molar-refractivity contribution in [3.63, 3.8) is 0 Å². The van der Waals surface area contributed by atoms with Crippen LogP contribution in [0.4, 0.5) is 0 Å². The van der Waals surface area contributed by atoms with Crippen LogP contribution in [0.25, 0.3) is 5.57 Å². The second-order valence-corrected chi connectivity index (χ2v) is 6.54. The average Bonchev–Trinajstić information content (AvgIpc) is 2.96. The second-order valence-electron chi connectivity index (χ2n) is 6.10. The molecule has 0 amide bonds. The highest BCUT2D eigenvalue weighted by molar-refractivity contribution is 6.30. The van der Waals surface area contributed by atoms with Crippen molar-refractivity contribution in [2.45, 2.75) is 12.8 Å². The molecule has 1 N–H and O–H groups in total. The number of rotatable bonds is 3.